The van der Waals surface area contributed by atoms with E-state index in [-0.39, 0.29) is 0 Å². The fraction of sp³-hybridized carbons (Fsp3) is 0.714. The van der Waals surface area contributed by atoms with Crippen LogP contribution in [0.2, 0.25) is 0 Å². The van der Waals surface area contributed by atoms with Gasteiger partial charge in [-0.2, -0.15) is 0 Å². The predicted molar refractivity (Wildman–Crippen MR) is 31.7 cm³/mol. The summed E-state index contributed by atoms with van der Waals surface area (Å²) in [5, 5.41) is 0. The van der Waals surface area contributed by atoms with Gasteiger partial charge in [0.15, 0.2) is 0 Å². The van der Waals surface area contributed by atoms with Crippen molar-refractivity contribution in [3.05, 3.63) is 12.8 Å². The molecule has 1 aliphatic carbocycles. The van der Waals surface area contributed by atoms with E-state index >= 15 is 0 Å². The van der Waals surface area contributed by atoms with Crippen LogP contribution in [0.25, 0.3) is 0 Å². The summed E-state index contributed by atoms with van der Waals surface area (Å²) in [5.74, 6) is 1.77. The number of unbranched alkanes of at least 4 members (excludes halogenated alkanes) is 1. The number of hydrogen-bond acceptors (Lipinski definition) is 0. The Morgan fingerprint density at radius 2 is 2.14 bits per heavy atom. The molecule has 0 saturated heterocycles. The van der Waals surface area contributed by atoms with Gasteiger partial charge in [-0.25, -0.2) is 0 Å². The minimum Gasteiger partial charge on any atom is -0.0533 e. The molecule has 0 amide bonds. The van der Waals surface area contributed by atoms with Gasteiger partial charge in [-0.15, -0.1) is 0 Å². The summed E-state index contributed by atoms with van der Waals surface area (Å²) in [6.45, 7) is 3.77. The zero-order valence-corrected chi connectivity index (χ0v) is 4.74. The van der Waals surface area contributed by atoms with Gasteiger partial charge >= 0.3 is 0 Å². The molecule has 0 aromatic carbocycles. The van der Waals surface area contributed by atoms with Crippen LogP contribution in [-0.2, 0) is 0 Å². The first-order valence-corrected chi connectivity index (χ1v) is 3.06. The van der Waals surface area contributed by atoms with E-state index in [1.54, 1.807) is 5.92 Å². The summed E-state index contributed by atoms with van der Waals surface area (Å²) in [5.41, 5.74) is 0. The monoisotopic (exact) mass is 96.1 g/mol. The maximum atomic E-state index is 3.77. The first-order chi connectivity index (χ1) is 3.43. The van der Waals surface area contributed by atoms with Crippen molar-refractivity contribution < 1.29 is 0 Å². The van der Waals surface area contributed by atoms with Crippen molar-refractivity contribution in [1.82, 2.24) is 0 Å². The average Bonchev–Trinajstić information content (AvgIpc) is 2.42. The molecule has 0 unspecified atom stereocenters. The maximum absolute atomic E-state index is 3.77. The minimum absolute atomic E-state index is 1.11. The summed E-state index contributed by atoms with van der Waals surface area (Å²) < 4.78 is 0. The molecule has 1 fully saturated rings. The summed E-state index contributed by atoms with van der Waals surface area (Å²) in [6, 6.07) is 0. The Balaban J connectivity index is 1.80. The second-order valence-electron chi connectivity index (χ2n) is 2.21. The smallest absolute Gasteiger partial charge is 0.0241 e. The second kappa shape index (κ2) is 2.34. The molecule has 0 aliphatic heterocycles. The normalized spacial score (nSPS) is 20.1. The van der Waals surface area contributed by atoms with E-state index in [4.69, 9.17) is 0 Å². The highest BCUT2D eigenvalue weighted by Crippen LogP contribution is 2.36. The van der Waals surface area contributed by atoms with Crippen LogP contribution in [0.15, 0.2) is 0 Å². The Kier molecular flexibility index (Phi) is 1.72. The molecule has 0 N–H and O–H groups in total. The van der Waals surface area contributed by atoms with E-state index in [1.165, 1.54) is 25.7 Å². The lowest BCUT2D eigenvalue weighted by molar-refractivity contribution is 0.813. The van der Waals surface area contributed by atoms with Crippen molar-refractivity contribution in [2.45, 2.75) is 32.1 Å². The molecule has 1 aliphatic rings. The van der Waals surface area contributed by atoms with Gasteiger partial charge in [0.25, 0.3) is 0 Å². The lowest BCUT2D eigenvalue weighted by Gasteiger charge is -1.88. The second-order valence-corrected chi connectivity index (χ2v) is 2.21. The van der Waals surface area contributed by atoms with Gasteiger partial charge in [0, 0.05) is 0 Å². The van der Waals surface area contributed by atoms with E-state index in [2.05, 4.69) is 6.92 Å². The van der Waals surface area contributed by atoms with Crippen LogP contribution < -0.4 is 0 Å². The average molecular weight is 96.2 g/mol. The van der Waals surface area contributed by atoms with E-state index in [1.807, 2.05) is 0 Å². The largest absolute Gasteiger partial charge is 0.0533 e. The van der Waals surface area contributed by atoms with Crippen molar-refractivity contribution in [3.8, 4) is 0 Å². The van der Waals surface area contributed by atoms with E-state index in [9.17, 15) is 0 Å². The van der Waals surface area contributed by atoms with Gasteiger partial charge in [-0.05, 0) is 25.2 Å². The summed E-state index contributed by atoms with van der Waals surface area (Å²) in [6.07, 6.45) is 6.63. The highest BCUT2D eigenvalue weighted by molar-refractivity contribution is 5.04. The lowest BCUT2D eigenvalue weighted by Crippen LogP contribution is -1.71. The van der Waals surface area contributed by atoms with E-state index < -0.39 is 0 Å². The molecule has 0 nitrogen and oxygen atoms in total. The Morgan fingerprint density at radius 3 is 2.57 bits per heavy atom. The van der Waals surface area contributed by atoms with Gasteiger partial charge in [0.2, 0.25) is 0 Å². The van der Waals surface area contributed by atoms with Crippen LogP contribution in [0, 0.1) is 12.8 Å². The Bertz CT molecular complexity index is 44.0. The van der Waals surface area contributed by atoms with Crippen LogP contribution in [-0.4, -0.2) is 0 Å². The molecule has 40 valence electrons. The molecule has 0 heteroatoms. The topological polar surface area (TPSA) is 0 Å². The first-order valence-electron chi connectivity index (χ1n) is 3.06. The minimum atomic E-state index is 1.11. The molecule has 2 radical (unpaired) electrons. The van der Waals surface area contributed by atoms with Crippen molar-refractivity contribution >= 4 is 0 Å². The molecule has 7 heavy (non-hydrogen) atoms. The highest BCUT2D eigenvalue weighted by Gasteiger charge is 2.20. The van der Waals surface area contributed by atoms with Crippen molar-refractivity contribution in [3.63, 3.8) is 0 Å². The van der Waals surface area contributed by atoms with Crippen LogP contribution in [0.5, 0.6) is 0 Å². The quantitative estimate of drug-likeness (QED) is 0.506. The van der Waals surface area contributed by atoms with Gasteiger partial charge < -0.3 is 0 Å². The third-order valence-electron chi connectivity index (χ3n) is 1.38. The van der Waals surface area contributed by atoms with Crippen molar-refractivity contribution in [1.29, 1.82) is 0 Å². The van der Waals surface area contributed by atoms with Gasteiger partial charge in [0.1, 0.15) is 0 Å². The van der Waals surface area contributed by atoms with Crippen molar-refractivity contribution in [2.24, 2.45) is 0 Å². The van der Waals surface area contributed by atoms with E-state index in [0.717, 1.165) is 6.42 Å². The van der Waals surface area contributed by atoms with Crippen LogP contribution in [0.3, 0.4) is 0 Å². The standard InChI is InChI=1S/C7H12/c1-2-3-4-7-5-6-7/h1-6H2. The fourth-order valence-corrected chi connectivity index (χ4v) is 0.713. The van der Waals surface area contributed by atoms with Gasteiger partial charge in [-0.3, -0.25) is 0 Å². The molecular weight excluding hydrogens is 84.1 g/mol. The zero-order chi connectivity index (χ0) is 5.11. The molecule has 0 spiro atoms. The fourth-order valence-electron chi connectivity index (χ4n) is 0.713. The zero-order valence-electron chi connectivity index (χ0n) is 4.74. The molecule has 0 bridgehead atoms. The summed E-state index contributed by atoms with van der Waals surface area (Å²) >= 11 is 0. The van der Waals surface area contributed by atoms with Gasteiger partial charge in [0.05, 0.1) is 0 Å². The molecule has 0 aromatic heterocycles. The maximum Gasteiger partial charge on any atom is -0.0241 e. The molecule has 0 heterocycles. The molecule has 0 atom stereocenters. The third kappa shape index (κ3) is 1.96. The third-order valence-corrected chi connectivity index (χ3v) is 1.38. The molecule has 1 saturated carbocycles. The van der Waals surface area contributed by atoms with Crippen LogP contribution >= 0.6 is 0 Å². The van der Waals surface area contributed by atoms with Gasteiger partial charge in [-0.1, -0.05) is 19.8 Å². The Labute approximate surface area is 45.9 Å². The summed E-state index contributed by atoms with van der Waals surface area (Å²) in [4.78, 5) is 0. The Morgan fingerprint density at radius 1 is 1.43 bits per heavy atom. The SMILES string of the molecule is [CH2]CCC[C]1CC1. The van der Waals surface area contributed by atoms with Crippen molar-refractivity contribution in [2.75, 3.05) is 0 Å². The highest BCUT2D eigenvalue weighted by atomic mass is 14.2. The first kappa shape index (κ1) is 5.14. The van der Waals surface area contributed by atoms with E-state index in [0.29, 0.717) is 0 Å². The molecular formula is C7H12. The number of rotatable bonds is 3. The summed E-state index contributed by atoms with van der Waals surface area (Å²) in [7, 11) is 0. The van der Waals surface area contributed by atoms with Crippen LogP contribution in [0.1, 0.15) is 32.1 Å². The predicted octanol–water partition coefficient (Wildman–Crippen LogP) is 2.36. The molecule has 0 aromatic rings. The van der Waals surface area contributed by atoms with Crippen LogP contribution in [0.4, 0.5) is 0 Å². The lowest BCUT2D eigenvalue weighted by atomic mass is 10.2. The Hall–Kier alpha value is 0. The molecule has 1 rings (SSSR count). The number of hydrogen-bond donors (Lipinski definition) is 0.